The molecule has 1 saturated heterocycles. The maximum absolute atomic E-state index is 11.3. The van der Waals surface area contributed by atoms with E-state index in [1.54, 1.807) is 6.92 Å². The van der Waals surface area contributed by atoms with Crippen LogP contribution in [0.4, 0.5) is 0 Å². The highest BCUT2D eigenvalue weighted by atomic mass is 32.2. The largest absolute Gasteiger partial charge is 0.480 e. The molecule has 18 heavy (non-hydrogen) atoms. The van der Waals surface area contributed by atoms with Gasteiger partial charge in [-0.25, -0.2) is 0 Å². The Kier molecular flexibility index (Phi) is 7.04. The Labute approximate surface area is 114 Å². The third-order valence-electron chi connectivity index (χ3n) is 3.36. The van der Waals surface area contributed by atoms with Crippen LogP contribution in [-0.4, -0.2) is 47.4 Å². The first-order chi connectivity index (χ1) is 8.58. The van der Waals surface area contributed by atoms with Crippen LogP contribution in [-0.2, 0) is 9.53 Å². The summed E-state index contributed by atoms with van der Waals surface area (Å²) in [6.07, 6.45) is 3.81. The molecule has 1 heterocycles. The van der Waals surface area contributed by atoms with Crippen LogP contribution in [0.15, 0.2) is 0 Å². The summed E-state index contributed by atoms with van der Waals surface area (Å²) >= 11 is 1.89. The van der Waals surface area contributed by atoms with Gasteiger partial charge in [-0.2, -0.15) is 11.8 Å². The van der Waals surface area contributed by atoms with Crippen molar-refractivity contribution in [3.8, 4) is 0 Å². The van der Waals surface area contributed by atoms with E-state index in [9.17, 15) is 9.90 Å². The molecular formula is C13H25NO3S. The number of carboxylic acid groups (broad SMARTS) is 1. The first-order valence-corrected chi connectivity index (χ1v) is 7.81. The van der Waals surface area contributed by atoms with E-state index in [0.29, 0.717) is 11.7 Å². The van der Waals surface area contributed by atoms with Crippen molar-refractivity contribution in [3.05, 3.63) is 0 Å². The van der Waals surface area contributed by atoms with Crippen molar-refractivity contribution in [3.63, 3.8) is 0 Å². The van der Waals surface area contributed by atoms with E-state index in [0.717, 1.165) is 44.8 Å². The van der Waals surface area contributed by atoms with E-state index in [2.05, 4.69) is 5.32 Å². The van der Waals surface area contributed by atoms with Gasteiger partial charge < -0.3 is 15.2 Å². The Balaban J connectivity index is 2.30. The molecule has 2 N–H and O–H groups in total. The number of aliphatic carboxylic acids is 1. The molecule has 4 nitrogen and oxygen atoms in total. The van der Waals surface area contributed by atoms with E-state index < -0.39 is 11.5 Å². The highest BCUT2D eigenvalue weighted by molar-refractivity contribution is 7.99. The number of thioether (sulfide) groups is 1. The van der Waals surface area contributed by atoms with Gasteiger partial charge in [0, 0.05) is 18.5 Å². The van der Waals surface area contributed by atoms with Gasteiger partial charge >= 0.3 is 5.97 Å². The van der Waals surface area contributed by atoms with E-state index in [-0.39, 0.29) is 0 Å². The lowest BCUT2D eigenvalue weighted by atomic mass is 9.99. The smallest absolute Gasteiger partial charge is 0.323 e. The number of nitrogens with one attached hydrogen (secondary N) is 1. The molecule has 0 saturated carbocycles. The normalized spacial score (nSPS) is 20.6. The maximum atomic E-state index is 11.3. The summed E-state index contributed by atoms with van der Waals surface area (Å²) in [7, 11) is 0. The summed E-state index contributed by atoms with van der Waals surface area (Å²) in [5, 5.41) is 13.1. The summed E-state index contributed by atoms with van der Waals surface area (Å²) in [6, 6.07) is 0. The fourth-order valence-electron chi connectivity index (χ4n) is 1.94. The number of hydrogen-bond donors (Lipinski definition) is 2. The monoisotopic (exact) mass is 275 g/mol. The topological polar surface area (TPSA) is 58.6 Å². The molecule has 0 aliphatic carbocycles. The van der Waals surface area contributed by atoms with Gasteiger partial charge in [0.15, 0.2) is 0 Å². The molecule has 1 rings (SSSR count). The van der Waals surface area contributed by atoms with Crippen molar-refractivity contribution >= 4 is 17.7 Å². The van der Waals surface area contributed by atoms with Gasteiger partial charge in [-0.3, -0.25) is 4.79 Å². The van der Waals surface area contributed by atoms with Gasteiger partial charge in [0.1, 0.15) is 5.54 Å². The van der Waals surface area contributed by atoms with Gasteiger partial charge in [-0.15, -0.1) is 0 Å². The van der Waals surface area contributed by atoms with Crippen LogP contribution in [0.25, 0.3) is 0 Å². The molecule has 0 aromatic carbocycles. The molecule has 0 spiro atoms. The molecule has 5 heteroatoms. The summed E-state index contributed by atoms with van der Waals surface area (Å²) in [6.45, 7) is 6.29. The molecule has 1 fully saturated rings. The highest BCUT2D eigenvalue weighted by Crippen LogP contribution is 2.24. The van der Waals surface area contributed by atoms with Crippen molar-refractivity contribution < 1.29 is 14.6 Å². The number of carbonyl (C=O) groups is 1. The Hall–Kier alpha value is -0.260. The molecule has 0 radical (unpaired) electrons. The summed E-state index contributed by atoms with van der Waals surface area (Å²) in [5.41, 5.74) is -0.784. The average molecular weight is 275 g/mol. The standard InChI is InChI=1S/C13H25NO3S/c1-3-7-14-13(2,12(15)16)6-10-18-11-4-8-17-9-5-11/h11,14H,3-10H2,1-2H3,(H,15,16). The predicted molar refractivity (Wildman–Crippen MR) is 75.3 cm³/mol. The average Bonchev–Trinajstić information content (AvgIpc) is 2.37. The summed E-state index contributed by atoms with van der Waals surface area (Å²) < 4.78 is 5.32. The molecule has 0 aromatic rings. The second-order valence-corrected chi connectivity index (χ2v) is 6.40. The Morgan fingerprint density at radius 3 is 2.72 bits per heavy atom. The lowest BCUT2D eigenvalue weighted by molar-refractivity contribution is -0.144. The second-order valence-electron chi connectivity index (χ2n) is 5.00. The Bertz CT molecular complexity index is 257. The minimum absolute atomic E-state index is 0.642. The van der Waals surface area contributed by atoms with Gasteiger partial charge in [0.05, 0.1) is 0 Å². The third kappa shape index (κ3) is 5.16. The van der Waals surface area contributed by atoms with Crippen LogP contribution in [0.3, 0.4) is 0 Å². The van der Waals surface area contributed by atoms with Gasteiger partial charge in [-0.05, 0) is 44.9 Å². The zero-order valence-electron chi connectivity index (χ0n) is 11.4. The molecule has 1 aliphatic rings. The number of hydrogen-bond acceptors (Lipinski definition) is 4. The van der Waals surface area contributed by atoms with Crippen molar-refractivity contribution in [2.75, 3.05) is 25.5 Å². The zero-order chi connectivity index (χ0) is 13.4. The van der Waals surface area contributed by atoms with Crippen LogP contribution < -0.4 is 5.32 Å². The van der Waals surface area contributed by atoms with Crippen molar-refractivity contribution in [1.82, 2.24) is 5.32 Å². The highest BCUT2D eigenvalue weighted by Gasteiger charge is 2.32. The SMILES string of the molecule is CCCNC(C)(CCSC1CCOCC1)C(=O)O. The zero-order valence-corrected chi connectivity index (χ0v) is 12.2. The van der Waals surface area contributed by atoms with Crippen molar-refractivity contribution in [1.29, 1.82) is 0 Å². The molecule has 106 valence electrons. The minimum Gasteiger partial charge on any atom is -0.480 e. The number of carboxylic acids is 1. The summed E-state index contributed by atoms with van der Waals surface area (Å²) in [5.74, 6) is 0.146. The lowest BCUT2D eigenvalue weighted by Gasteiger charge is -2.27. The van der Waals surface area contributed by atoms with Gasteiger partial charge in [0.2, 0.25) is 0 Å². The summed E-state index contributed by atoms with van der Waals surface area (Å²) in [4.78, 5) is 11.3. The number of ether oxygens (including phenoxy) is 1. The molecule has 0 aromatic heterocycles. The Morgan fingerprint density at radius 2 is 2.17 bits per heavy atom. The van der Waals surface area contributed by atoms with Crippen LogP contribution in [0.2, 0.25) is 0 Å². The molecule has 1 unspecified atom stereocenters. The van der Waals surface area contributed by atoms with Gasteiger partial charge in [-0.1, -0.05) is 6.92 Å². The first-order valence-electron chi connectivity index (χ1n) is 6.76. The van der Waals surface area contributed by atoms with Crippen LogP contribution >= 0.6 is 11.8 Å². The van der Waals surface area contributed by atoms with E-state index in [4.69, 9.17) is 4.74 Å². The number of rotatable bonds is 8. The van der Waals surface area contributed by atoms with Crippen LogP contribution in [0, 0.1) is 0 Å². The Morgan fingerprint density at radius 1 is 1.50 bits per heavy atom. The molecule has 1 atom stereocenters. The molecule has 0 amide bonds. The maximum Gasteiger partial charge on any atom is 0.323 e. The van der Waals surface area contributed by atoms with E-state index in [1.165, 1.54) is 0 Å². The first kappa shape index (κ1) is 15.8. The van der Waals surface area contributed by atoms with Gasteiger partial charge in [0.25, 0.3) is 0 Å². The quantitative estimate of drug-likeness (QED) is 0.710. The van der Waals surface area contributed by atoms with Crippen LogP contribution in [0.1, 0.15) is 39.5 Å². The third-order valence-corrected chi connectivity index (χ3v) is 4.74. The van der Waals surface area contributed by atoms with Crippen LogP contribution in [0.5, 0.6) is 0 Å². The molecule has 1 aliphatic heterocycles. The second kappa shape index (κ2) is 8.02. The predicted octanol–water partition coefficient (Wildman–Crippen LogP) is 2.13. The minimum atomic E-state index is -0.784. The van der Waals surface area contributed by atoms with Crippen molar-refractivity contribution in [2.45, 2.75) is 50.3 Å². The van der Waals surface area contributed by atoms with E-state index >= 15 is 0 Å². The van der Waals surface area contributed by atoms with E-state index in [1.807, 2.05) is 18.7 Å². The van der Waals surface area contributed by atoms with Crippen molar-refractivity contribution in [2.24, 2.45) is 0 Å². The molecular weight excluding hydrogens is 250 g/mol. The fraction of sp³-hybridized carbons (Fsp3) is 0.923. The molecule has 0 bridgehead atoms. The fourth-order valence-corrected chi connectivity index (χ4v) is 3.33. The lowest BCUT2D eigenvalue weighted by Crippen LogP contribution is -2.50.